The molecule has 0 radical (unpaired) electrons. The molecule has 0 saturated heterocycles. The molecule has 54 heavy (non-hydrogen) atoms. The molecule has 13 heteroatoms. The first kappa shape index (κ1) is 36.1. The van der Waals surface area contributed by atoms with Crippen LogP contribution in [0.1, 0.15) is 27.0 Å². The Kier molecular flexibility index (Phi) is 8.77. The second-order valence-corrected chi connectivity index (χ2v) is 13.9. The van der Waals surface area contributed by atoms with Crippen LogP contribution in [0.4, 0.5) is 26.3 Å². The average molecular weight is 810 g/mol. The molecule has 0 N–H and O–H groups in total. The maximum atomic E-state index is 15.0. The van der Waals surface area contributed by atoms with E-state index in [-0.39, 0.29) is 74.3 Å². The number of rotatable bonds is 4. The maximum absolute atomic E-state index is 15.0. The predicted octanol–water partition coefficient (Wildman–Crippen LogP) is 14.3. The van der Waals surface area contributed by atoms with Gasteiger partial charge in [-0.05, 0) is 105 Å². The Balaban J connectivity index is 1.47. The third-order valence-electron chi connectivity index (χ3n) is 9.26. The number of aromatic nitrogens is 2. The topological polar surface area (TPSA) is 42.9 Å². The lowest BCUT2D eigenvalue weighted by atomic mass is 9.87. The van der Waals surface area contributed by atoms with Gasteiger partial charge in [0.1, 0.15) is 0 Å². The zero-order valence-corrected chi connectivity index (χ0v) is 30.0. The first-order valence-corrected chi connectivity index (χ1v) is 17.4. The van der Waals surface area contributed by atoms with Crippen molar-refractivity contribution in [2.75, 3.05) is 0 Å². The van der Waals surface area contributed by atoms with E-state index >= 15 is 0 Å². The van der Waals surface area contributed by atoms with Crippen LogP contribution in [-0.2, 0) is 12.4 Å². The third kappa shape index (κ3) is 6.00. The van der Waals surface area contributed by atoms with E-state index in [1.54, 1.807) is 48.5 Å². The smallest absolute Gasteiger partial charge is 0.289 e. The van der Waals surface area contributed by atoms with Crippen molar-refractivity contribution >= 4 is 95.3 Å². The molecule has 0 aliphatic rings. The minimum atomic E-state index is -4.75. The summed E-state index contributed by atoms with van der Waals surface area (Å²) in [4.78, 5) is 23.6. The van der Waals surface area contributed by atoms with Crippen LogP contribution < -0.4 is 0 Å². The number of benzene rings is 6. The van der Waals surface area contributed by atoms with E-state index in [0.717, 1.165) is 24.3 Å². The van der Waals surface area contributed by atoms with Crippen LogP contribution in [0.25, 0.3) is 65.6 Å². The van der Waals surface area contributed by atoms with Gasteiger partial charge in [-0.2, -0.15) is 26.3 Å². The largest absolute Gasteiger partial charge is 0.416 e. The van der Waals surface area contributed by atoms with E-state index in [2.05, 4.69) is 9.97 Å². The SMILES string of the molecule is O=C(c1cc2cc(-c3ccccn3)c(Cl)c(Cl)c2c2cc(C(F)(F)F)ccc12)c1cc2cc(-c3ccccn3)c(Cl)c(Cl)c2c2cc(C(F)(F)F)ccc12. The zero-order chi connectivity index (χ0) is 38.3. The lowest BCUT2D eigenvalue weighted by molar-refractivity contribution is -0.138. The molecule has 0 aliphatic carbocycles. The minimum absolute atomic E-state index is 0.0122. The fourth-order valence-electron chi connectivity index (χ4n) is 6.80. The number of pyridine rings is 2. The van der Waals surface area contributed by atoms with Gasteiger partial charge in [-0.1, -0.05) is 70.7 Å². The number of carbonyl (C=O) groups is 1. The molecule has 6 aromatic carbocycles. The number of ketones is 1. The van der Waals surface area contributed by atoms with E-state index in [1.165, 1.54) is 36.7 Å². The first-order chi connectivity index (χ1) is 25.6. The summed E-state index contributed by atoms with van der Waals surface area (Å²) in [5.41, 5.74) is -0.498. The molecule has 3 nitrogen and oxygen atoms in total. The van der Waals surface area contributed by atoms with Gasteiger partial charge in [-0.15, -0.1) is 0 Å². The monoisotopic (exact) mass is 808 g/mol. The van der Waals surface area contributed by atoms with Gasteiger partial charge in [0.15, 0.2) is 5.78 Å². The molecule has 8 aromatic rings. The highest BCUT2D eigenvalue weighted by atomic mass is 35.5. The molecule has 0 fully saturated rings. The van der Waals surface area contributed by atoms with Gasteiger partial charge >= 0.3 is 12.4 Å². The molecule has 2 aromatic heterocycles. The fourth-order valence-corrected chi connectivity index (χ4v) is 7.91. The van der Waals surface area contributed by atoms with Crippen molar-refractivity contribution in [2.45, 2.75) is 12.4 Å². The molecule has 0 saturated carbocycles. The molecule has 268 valence electrons. The number of halogens is 10. The van der Waals surface area contributed by atoms with Crippen molar-refractivity contribution < 1.29 is 31.1 Å². The number of carbonyl (C=O) groups excluding carboxylic acids is 1. The summed E-state index contributed by atoms with van der Waals surface area (Å²) < 4.78 is 84.7. The van der Waals surface area contributed by atoms with Crippen LogP contribution in [0.15, 0.2) is 109 Å². The summed E-state index contributed by atoms with van der Waals surface area (Å²) >= 11 is 27.1. The number of hydrogen-bond donors (Lipinski definition) is 0. The molecular formula is C41H18Cl4F6N2O. The zero-order valence-electron chi connectivity index (χ0n) is 27.0. The molecule has 0 atom stereocenters. The van der Waals surface area contributed by atoms with E-state index in [4.69, 9.17) is 46.4 Å². The second-order valence-electron chi connectivity index (χ2n) is 12.4. The van der Waals surface area contributed by atoms with Gasteiger partial charge in [-0.25, -0.2) is 0 Å². The van der Waals surface area contributed by atoms with E-state index in [1.807, 2.05) is 0 Å². The van der Waals surface area contributed by atoms with Gasteiger partial charge in [0.2, 0.25) is 0 Å². The molecule has 2 heterocycles. The number of fused-ring (bicyclic) bond motifs is 6. The molecule has 0 unspecified atom stereocenters. The highest BCUT2D eigenvalue weighted by Gasteiger charge is 2.33. The van der Waals surface area contributed by atoms with Crippen LogP contribution >= 0.6 is 46.4 Å². The van der Waals surface area contributed by atoms with Crippen molar-refractivity contribution in [1.29, 1.82) is 0 Å². The van der Waals surface area contributed by atoms with Gasteiger partial charge in [0, 0.05) is 45.4 Å². The van der Waals surface area contributed by atoms with Gasteiger partial charge in [0.25, 0.3) is 0 Å². The normalized spacial score (nSPS) is 12.3. The van der Waals surface area contributed by atoms with Gasteiger partial charge in [-0.3, -0.25) is 14.8 Å². The molecular weight excluding hydrogens is 792 g/mol. The van der Waals surface area contributed by atoms with Crippen LogP contribution in [0.3, 0.4) is 0 Å². The summed E-state index contributed by atoms with van der Waals surface area (Å²) in [6.07, 6.45) is -6.44. The van der Waals surface area contributed by atoms with Crippen molar-refractivity contribution in [3.63, 3.8) is 0 Å². The molecule has 0 spiro atoms. The number of nitrogens with zero attached hydrogens (tertiary/aromatic N) is 2. The Morgan fingerprint density at radius 2 is 0.889 bits per heavy atom. The van der Waals surface area contributed by atoms with Crippen LogP contribution in [0, 0.1) is 0 Å². The number of alkyl halides is 6. The fraction of sp³-hybridized carbons (Fsp3) is 0.0488. The Bertz CT molecular complexity index is 2670. The Morgan fingerprint density at radius 3 is 1.24 bits per heavy atom. The Morgan fingerprint density at radius 1 is 0.481 bits per heavy atom. The first-order valence-electron chi connectivity index (χ1n) is 15.9. The lowest BCUT2D eigenvalue weighted by Gasteiger charge is -2.18. The Labute approximate surface area is 321 Å². The van der Waals surface area contributed by atoms with E-state index < -0.39 is 29.3 Å². The van der Waals surface area contributed by atoms with Crippen molar-refractivity contribution in [1.82, 2.24) is 9.97 Å². The van der Waals surface area contributed by atoms with Crippen molar-refractivity contribution in [3.05, 3.63) is 152 Å². The molecule has 0 aliphatic heterocycles. The average Bonchev–Trinajstić information content (AvgIpc) is 3.15. The summed E-state index contributed by atoms with van der Waals surface area (Å²) in [7, 11) is 0. The van der Waals surface area contributed by atoms with Crippen LogP contribution in [-0.4, -0.2) is 15.8 Å². The maximum Gasteiger partial charge on any atom is 0.416 e. The highest BCUT2D eigenvalue weighted by molar-refractivity contribution is 6.49. The van der Waals surface area contributed by atoms with Crippen LogP contribution in [0.5, 0.6) is 0 Å². The van der Waals surface area contributed by atoms with Crippen molar-refractivity contribution in [2.24, 2.45) is 0 Å². The third-order valence-corrected chi connectivity index (χ3v) is 11.0. The summed E-state index contributed by atoms with van der Waals surface area (Å²) in [6, 6.07) is 22.1. The molecule has 8 rings (SSSR count). The van der Waals surface area contributed by atoms with Crippen LogP contribution in [0.2, 0.25) is 20.1 Å². The predicted molar refractivity (Wildman–Crippen MR) is 203 cm³/mol. The lowest BCUT2D eigenvalue weighted by Crippen LogP contribution is -2.08. The van der Waals surface area contributed by atoms with Gasteiger partial charge < -0.3 is 0 Å². The second kappa shape index (κ2) is 13.1. The quantitative estimate of drug-likeness (QED) is 0.101. The van der Waals surface area contributed by atoms with E-state index in [9.17, 15) is 31.1 Å². The summed E-state index contributed by atoms with van der Waals surface area (Å²) in [5, 5.41) is 1.04. The highest BCUT2D eigenvalue weighted by Crippen LogP contribution is 2.47. The van der Waals surface area contributed by atoms with Crippen molar-refractivity contribution in [3.8, 4) is 22.5 Å². The summed E-state index contributed by atoms with van der Waals surface area (Å²) in [5.74, 6) is -0.691. The number of hydrogen-bond acceptors (Lipinski definition) is 3. The van der Waals surface area contributed by atoms with E-state index in [0.29, 0.717) is 22.5 Å². The Hall–Kier alpha value is -4.93. The minimum Gasteiger partial charge on any atom is -0.289 e. The standard InChI is InChI=1S/C41H18Cl4F6N2O/c42-35-29(31-5-1-3-11-52-31)15-19-13-27(23-9-7-21(40(46,47)48)17-25(23)33(19)37(35)44)39(54)28-14-20-16-30(32-6-2-4-12-53-32)36(43)38(45)34(20)26-18-22(41(49,50)51)8-10-24(26)28/h1-18H. The van der Waals surface area contributed by atoms with Gasteiger partial charge in [0.05, 0.1) is 42.6 Å². The summed E-state index contributed by atoms with van der Waals surface area (Å²) in [6.45, 7) is 0. The molecule has 0 amide bonds. The molecule has 0 bridgehead atoms.